The summed E-state index contributed by atoms with van der Waals surface area (Å²) in [6.07, 6.45) is 5.93. The molecule has 25 heavy (non-hydrogen) atoms. The van der Waals surface area contributed by atoms with E-state index < -0.39 is 0 Å². The number of halogens is 1. The molecule has 3 rings (SSSR count). The minimum atomic E-state index is -0.0529. The first-order valence-corrected chi connectivity index (χ1v) is 10.1. The van der Waals surface area contributed by atoms with Crippen LogP contribution in [0.3, 0.4) is 0 Å². The molecule has 2 aromatic rings. The lowest BCUT2D eigenvalue weighted by Crippen LogP contribution is -2.29. The maximum absolute atomic E-state index is 11.6. The van der Waals surface area contributed by atoms with Gasteiger partial charge in [0.25, 0.3) is 0 Å². The Hall–Kier alpha value is -1.31. The first kappa shape index (κ1) is 18.5. The number of nitrogens with one attached hydrogen (secondary N) is 1. The fourth-order valence-electron chi connectivity index (χ4n) is 3.21. The highest BCUT2D eigenvalue weighted by atomic mass is 79.9. The quantitative estimate of drug-likeness (QED) is 0.560. The van der Waals surface area contributed by atoms with Crippen molar-refractivity contribution in [3.05, 3.63) is 34.0 Å². The lowest BCUT2D eigenvalue weighted by Gasteiger charge is -2.26. The zero-order valence-corrected chi connectivity index (χ0v) is 16.6. The number of thiazole rings is 1. The van der Waals surface area contributed by atoms with Gasteiger partial charge >= 0.3 is 5.97 Å². The van der Waals surface area contributed by atoms with Crippen molar-refractivity contribution in [2.45, 2.75) is 32.2 Å². The third kappa shape index (κ3) is 5.09. The van der Waals surface area contributed by atoms with Crippen molar-refractivity contribution in [2.24, 2.45) is 11.8 Å². The highest BCUT2D eigenvalue weighted by molar-refractivity contribution is 9.10. The van der Waals surface area contributed by atoms with E-state index in [2.05, 4.69) is 31.2 Å². The zero-order chi connectivity index (χ0) is 17.6. The molecule has 0 saturated heterocycles. The van der Waals surface area contributed by atoms with Crippen molar-refractivity contribution in [1.82, 2.24) is 15.3 Å². The maximum atomic E-state index is 11.6. The molecule has 0 aromatic carbocycles. The number of carbonyl (C=O) groups excluding carboxylic acids is 1. The average Bonchev–Trinajstić information content (AvgIpc) is 3.11. The van der Waals surface area contributed by atoms with E-state index in [4.69, 9.17) is 4.74 Å². The van der Waals surface area contributed by atoms with E-state index in [1.807, 2.05) is 24.4 Å². The highest BCUT2D eigenvalue weighted by Gasteiger charge is 2.26. The number of rotatable bonds is 6. The van der Waals surface area contributed by atoms with E-state index in [0.717, 1.165) is 59.0 Å². The summed E-state index contributed by atoms with van der Waals surface area (Å²) >= 11 is 5.07. The van der Waals surface area contributed by atoms with Gasteiger partial charge in [0, 0.05) is 12.7 Å². The lowest BCUT2D eigenvalue weighted by atomic mass is 9.82. The van der Waals surface area contributed by atoms with Gasteiger partial charge in [0.05, 0.1) is 23.6 Å². The molecule has 2 aromatic heterocycles. The van der Waals surface area contributed by atoms with Crippen LogP contribution in [0.1, 0.15) is 30.7 Å². The molecule has 2 heterocycles. The molecule has 0 aliphatic heterocycles. The molecule has 7 heteroatoms. The highest BCUT2D eigenvalue weighted by Crippen LogP contribution is 2.29. The van der Waals surface area contributed by atoms with Gasteiger partial charge in [-0.2, -0.15) is 0 Å². The number of carbonyl (C=O) groups is 1. The van der Waals surface area contributed by atoms with E-state index in [0.29, 0.717) is 5.92 Å². The molecule has 1 N–H and O–H groups in total. The van der Waals surface area contributed by atoms with Crippen molar-refractivity contribution in [1.29, 1.82) is 0 Å². The number of pyridine rings is 1. The van der Waals surface area contributed by atoms with Crippen molar-refractivity contribution in [2.75, 3.05) is 13.7 Å². The Bertz CT molecular complexity index is 714. The van der Waals surface area contributed by atoms with Crippen LogP contribution in [0.4, 0.5) is 0 Å². The molecule has 134 valence electrons. The minimum Gasteiger partial charge on any atom is -0.469 e. The standard InChI is InChI=1S/C18H22BrN3O2S/c1-24-18(23)13-7-5-12(6-8-13)9-20-11-17-21-10-15(25-17)14-3-2-4-16(19)22-14/h2-4,10,12-13,20H,5-9,11H2,1H3/t12-,13-. The van der Waals surface area contributed by atoms with Gasteiger partial charge in [0.15, 0.2) is 0 Å². The Morgan fingerprint density at radius 2 is 2.16 bits per heavy atom. The van der Waals surface area contributed by atoms with Crippen molar-refractivity contribution in [3.63, 3.8) is 0 Å². The molecule has 0 radical (unpaired) electrons. The second-order valence-electron chi connectivity index (χ2n) is 6.34. The summed E-state index contributed by atoms with van der Waals surface area (Å²) in [6, 6.07) is 5.89. The topological polar surface area (TPSA) is 64.1 Å². The van der Waals surface area contributed by atoms with Crippen LogP contribution in [0.25, 0.3) is 10.6 Å². The van der Waals surface area contributed by atoms with E-state index in [-0.39, 0.29) is 11.9 Å². The summed E-state index contributed by atoms with van der Waals surface area (Å²) in [5.74, 6) is 0.676. The summed E-state index contributed by atoms with van der Waals surface area (Å²) in [5, 5.41) is 4.58. The third-order valence-corrected chi connectivity index (χ3v) is 6.07. The molecule has 0 atom stereocenters. The molecule has 1 saturated carbocycles. The van der Waals surface area contributed by atoms with Crippen LogP contribution in [0.15, 0.2) is 29.0 Å². The maximum Gasteiger partial charge on any atom is 0.308 e. The Morgan fingerprint density at radius 3 is 2.88 bits per heavy atom. The van der Waals surface area contributed by atoms with E-state index in [9.17, 15) is 4.79 Å². The minimum absolute atomic E-state index is 0.0529. The predicted molar refractivity (Wildman–Crippen MR) is 102 cm³/mol. The summed E-state index contributed by atoms with van der Waals surface area (Å²) in [4.78, 5) is 21.6. The number of hydrogen-bond acceptors (Lipinski definition) is 6. The van der Waals surface area contributed by atoms with E-state index >= 15 is 0 Å². The molecule has 0 bridgehead atoms. The van der Waals surface area contributed by atoms with Gasteiger partial charge in [-0.1, -0.05) is 6.07 Å². The zero-order valence-electron chi connectivity index (χ0n) is 14.2. The molecule has 0 spiro atoms. The number of aromatic nitrogens is 2. The van der Waals surface area contributed by atoms with Gasteiger partial charge in [-0.05, 0) is 66.2 Å². The second-order valence-corrected chi connectivity index (χ2v) is 8.26. The first-order valence-electron chi connectivity index (χ1n) is 8.52. The van der Waals surface area contributed by atoms with Crippen LogP contribution < -0.4 is 5.32 Å². The third-order valence-electron chi connectivity index (χ3n) is 4.61. The van der Waals surface area contributed by atoms with Crippen molar-refractivity contribution >= 4 is 33.2 Å². The SMILES string of the molecule is COC(=O)[C@H]1CC[C@H](CNCc2ncc(-c3cccc(Br)n3)s2)CC1. The van der Waals surface area contributed by atoms with Gasteiger partial charge in [-0.3, -0.25) is 4.79 Å². The lowest BCUT2D eigenvalue weighted by molar-refractivity contribution is -0.146. The monoisotopic (exact) mass is 423 g/mol. The van der Waals surface area contributed by atoms with Crippen molar-refractivity contribution < 1.29 is 9.53 Å². The largest absolute Gasteiger partial charge is 0.469 e. The summed E-state index contributed by atoms with van der Waals surface area (Å²) in [7, 11) is 1.47. The van der Waals surface area contributed by atoms with Crippen LogP contribution in [0.5, 0.6) is 0 Å². The summed E-state index contributed by atoms with van der Waals surface area (Å²) in [6.45, 7) is 1.74. The summed E-state index contributed by atoms with van der Waals surface area (Å²) in [5.41, 5.74) is 0.944. The number of nitrogens with zero attached hydrogens (tertiary/aromatic N) is 2. The smallest absolute Gasteiger partial charge is 0.308 e. The molecule has 5 nitrogen and oxygen atoms in total. The Labute approximate surface area is 160 Å². The van der Waals surface area contributed by atoms with E-state index in [1.54, 1.807) is 11.3 Å². The normalized spacial score (nSPS) is 20.4. The van der Waals surface area contributed by atoms with Gasteiger partial charge in [-0.15, -0.1) is 11.3 Å². The van der Waals surface area contributed by atoms with Gasteiger partial charge in [0.1, 0.15) is 9.61 Å². The fraction of sp³-hybridized carbons (Fsp3) is 0.500. The van der Waals surface area contributed by atoms with Crippen LogP contribution in [0, 0.1) is 11.8 Å². The fourth-order valence-corrected chi connectivity index (χ4v) is 4.41. The van der Waals surface area contributed by atoms with E-state index in [1.165, 1.54) is 7.11 Å². The molecule has 1 aliphatic carbocycles. The number of hydrogen-bond donors (Lipinski definition) is 1. The first-order chi connectivity index (χ1) is 12.2. The number of methoxy groups -OCH3 is 1. The van der Waals surface area contributed by atoms with Gasteiger partial charge in [-0.25, -0.2) is 9.97 Å². The number of ether oxygens (including phenoxy) is 1. The van der Waals surface area contributed by atoms with Crippen LogP contribution >= 0.6 is 27.3 Å². The Morgan fingerprint density at radius 1 is 1.36 bits per heavy atom. The molecular formula is C18H22BrN3O2S. The number of esters is 1. The molecule has 1 aliphatic rings. The predicted octanol–water partition coefficient (Wildman–Crippen LogP) is 4.04. The van der Waals surface area contributed by atoms with Crippen molar-refractivity contribution in [3.8, 4) is 10.6 Å². The average molecular weight is 424 g/mol. The Kier molecular flexibility index (Phi) is 6.56. The molecule has 1 fully saturated rings. The van der Waals surface area contributed by atoms with Crippen LogP contribution in [0.2, 0.25) is 0 Å². The second kappa shape index (κ2) is 8.87. The summed E-state index contributed by atoms with van der Waals surface area (Å²) < 4.78 is 5.67. The Balaban J connectivity index is 1.44. The molecular weight excluding hydrogens is 402 g/mol. The van der Waals surface area contributed by atoms with Crippen LogP contribution in [-0.4, -0.2) is 29.6 Å². The molecule has 0 amide bonds. The van der Waals surface area contributed by atoms with Crippen LogP contribution in [-0.2, 0) is 16.1 Å². The molecule has 0 unspecified atom stereocenters. The van der Waals surface area contributed by atoms with Gasteiger partial charge < -0.3 is 10.1 Å². The van der Waals surface area contributed by atoms with Gasteiger partial charge in [0.2, 0.25) is 0 Å².